The van der Waals surface area contributed by atoms with Crippen molar-refractivity contribution >= 4 is 11.6 Å². The molecule has 1 fully saturated rings. The van der Waals surface area contributed by atoms with Crippen molar-refractivity contribution in [2.45, 2.75) is 31.1 Å². The number of benzene rings is 1. The van der Waals surface area contributed by atoms with Crippen LogP contribution >= 0.6 is 0 Å². The molecule has 2 unspecified atom stereocenters. The van der Waals surface area contributed by atoms with E-state index in [0.29, 0.717) is 17.5 Å². The minimum absolute atomic E-state index is 0.101. The number of hydrogen-bond acceptors (Lipinski definition) is 2. The van der Waals surface area contributed by atoms with Crippen LogP contribution in [0.5, 0.6) is 0 Å². The van der Waals surface area contributed by atoms with Crippen LogP contribution in [0.3, 0.4) is 0 Å². The second-order valence-electron chi connectivity index (χ2n) is 5.43. The Morgan fingerprint density at radius 2 is 2.00 bits per heavy atom. The van der Waals surface area contributed by atoms with E-state index in [4.69, 9.17) is 0 Å². The van der Waals surface area contributed by atoms with Crippen molar-refractivity contribution in [3.63, 3.8) is 0 Å². The number of amides is 1. The number of H-pyrrole nitrogens is 1. The zero-order chi connectivity index (χ0) is 12.8. The maximum atomic E-state index is 12.3. The van der Waals surface area contributed by atoms with E-state index in [1.54, 1.807) is 0 Å². The molecule has 1 saturated carbocycles. The molecule has 1 aromatic heterocycles. The zero-order valence-corrected chi connectivity index (χ0v) is 10.5. The molecule has 0 aliphatic heterocycles. The van der Waals surface area contributed by atoms with E-state index in [2.05, 4.69) is 15.5 Å². The van der Waals surface area contributed by atoms with Gasteiger partial charge in [-0.25, -0.2) is 0 Å². The van der Waals surface area contributed by atoms with Crippen LogP contribution in [0.4, 0.5) is 5.69 Å². The summed E-state index contributed by atoms with van der Waals surface area (Å²) < 4.78 is 0. The van der Waals surface area contributed by atoms with Crippen molar-refractivity contribution in [1.29, 1.82) is 0 Å². The van der Waals surface area contributed by atoms with Crippen molar-refractivity contribution in [1.82, 2.24) is 10.2 Å². The van der Waals surface area contributed by atoms with Gasteiger partial charge in [-0.3, -0.25) is 9.89 Å². The van der Waals surface area contributed by atoms with Crippen molar-refractivity contribution < 1.29 is 4.79 Å². The van der Waals surface area contributed by atoms with Gasteiger partial charge in [0.25, 0.3) is 5.91 Å². The van der Waals surface area contributed by atoms with E-state index in [1.165, 1.54) is 30.5 Å². The van der Waals surface area contributed by atoms with Gasteiger partial charge >= 0.3 is 0 Å². The van der Waals surface area contributed by atoms with Crippen LogP contribution in [0.1, 0.15) is 52.8 Å². The number of aromatic amines is 1. The second kappa shape index (κ2) is 3.95. The Hall–Kier alpha value is -2.10. The first kappa shape index (κ1) is 10.8. The van der Waals surface area contributed by atoms with Crippen LogP contribution in [0.15, 0.2) is 30.3 Å². The molecule has 2 aliphatic rings. The molecule has 2 atom stereocenters. The zero-order valence-electron chi connectivity index (χ0n) is 10.5. The number of hydrogen-bond donors (Lipinski definition) is 2. The fraction of sp³-hybridized carbons (Fsp3) is 0.333. The van der Waals surface area contributed by atoms with Crippen LogP contribution < -0.4 is 5.32 Å². The van der Waals surface area contributed by atoms with Crippen LogP contribution in [0.2, 0.25) is 0 Å². The molecule has 4 rings (SSSR count). The molecule has 1 amide bonds. The highest BCUT2D eigenvalue weighted by molar-refractivity contribution is 6.04. The molecule has 19 heavy (non-hydrogen) atoms. The summed E-state index contributed by atoms with van der Waals surface area (Å²) in [4.78, 5) is 12.3. The van der Waals surface area contributed by atoms with E-state index in [0.717, 1.165) is 5.69 Å². The van der Waals surface area contributed by atoms with Crippen LogP contribution in [-0.2, 0) is 0 Å². The average molecular weight is 253 g/mol. The molecule has 96 valence electrons. The van der Waals surface area contributed by atoms with Gasteiger partial charge < -0.3 is 5.32 Å². The number of carbonyl (C=O) groups excluding carboxylic acids is 1. The monoisotopic (exact) mass is 253 g/mol. The van der Waals surface area contributed by atoms with E-state index >= 15 is 0 Å². The minimum atomic E-state index is -0.101. The maximum absolute atomic E-state index is 12.3. The van der Waals surface area contributed by atoms with Gasteiger partial charge in [-0.2, -0.15) is 5.10 Å². The van der Waals surface area contributed by atoms with Gasteiger partial charge in [-0.15, -0.1) is 0 Å². The predicted molar refractivity (Wildman–Crippen MR) is 72.3 cm³/mol. The number of nitrogens with zero attached hydrogens (tertiary/aromatic N) is 1. The van der Waals surface area contributed by atoms with Gasteiger partial charge in [0.1, 0.15) is 0 Å². The summed E-state index contributed by atoms with van der Waals surface area (Å²) in [6, 6.07) is 9.52. The standard InChI is InChI=1S/C15H15N3O/c19-15(16-11-4-2-1-3-5-11)14-12-9-6-7-10(8-9)13(12)17-18-14/h1-5,9-10H,6-8H2,(H,16,19)(H,17,18). The van der Waals surface area contributed by atoms with Gasteiger partial charge in [-0.05, 0) is 37.3 Å². The molecule has 1 aromatic carbocycles. The first-order valence-corrected chi connectivity index (χ1v) is 6.77. The fourth-order valence-electron chi connectivity index (χ4n) is 3.48. The summed E-state index contributed by atoms with van der Waals surface area (Å²) in [7, 11) is 0. The number of nitrogens with one attached hydrogen (secondary N) is 2. The van der Waals surface area contributed by atoms with Crippen LogP contribution in [-0.4, -0.2) is 16.1 Å². The van der Waals surface area contributed by atoms with Gasteiger partial charge in [-0.1, -0.05) is 18.2 Å². The first-order valence-electron chi connectivity index (χ1n) is 6.77. The highest BCUT2D eigenvalue weighted by atomic mass is 16.1. The smallest absolute Gasteiger partial charge is 0.276 e. The van der Waals surface area contributed by atoms with Crippen LogP contribution in [0.25, 0.3) is 0 Å². The third-order valence-electron chi connectivity index (χ3n) is 4.33. The number of carbonyl (C=O) groups is 1. The first-order chi connectivity index (χ1) is 9.33. The Kier molecular flexibility index (Phi) is 2.24. The van der Waals surface area contributed by atoms with Gasteiger partial charge in [0.05, 0.1) is 0 Å². The molecule has 1 heterocycles. The molecule has 0 radical (unpaired) electrons. The number of fused-ring (bicyclic) bond motifs is 5. The summed E-state index contributed by atoms with van der Waals surface area (Å²) in [5, 5.41) is 10.2. The Bertz CT molecular complexity index is 632. The lowest BCUT2D eigenvalue weighted by Gasteiger charge is -2.10. The predicted octanol–water partition coefficient (Wildman–Crippen LogP) is 3.03. The lowest BCUT2D eigenvalue weighted by atomic mass is 9.95. The summed E-state index contributed by atoms with van der Waals surface area (Å²) in [6.45, 7) is 0. The highest BCUT2D eigenvalue weighted by Gasteiger charge is 2.41. The van der Waals surface area contributed by atoms with Gasteiger partial charge in [0.15, 0.2) is 5.69 Å². The lowest BCUT2D eigenvalue weighted by Crippen LogP contribution is -2.15. The molecule has 4 nitrogen and oxygen atoms in total. The molecule has 2 bridgehead atoms. The van der Waals surface area contributed by atoms with Crippen molar-refractivity contribution in [2.24, 2.45) is 0 Å². The second-order valence-corrected chi connectivity index (χ2v) is 5.43. The summed E-state index contributed by atoms with van der Waals surface area (Å²) in [6.07, 6.45) is 3.62. The molecule has 2 aliphatic carbocycles. The Morgan fingerprint density at radius 3 is 2.84 bits per heavy atom. The minimum Gasteiger partial charge on any atom is -0.321 e. The van der Waals surface area contributed by atoms with E-state index < -0.39 is 0 Å². The summed E-state index contributed by atoms with van der Waals surface area (Å²) in [5.74, 6) is 1.04. The topological polar surface area (TPSA) is 57.8 Å². The summed E-state index contributed by atoms with van der Waals surface area (Å²) >= 11 is 0. The number of para-hydroxylation sites is 1. The van der Waals surface area contributed by atoms with Crippen molar-refractivity contribution in [2.75, 3.05) is 5.32 Å². The number of rotatable bonds is 2. The normalized spacial score (nSPS) is 23.4. The van der Waals surface area contributed by atoms with Crippen molar-refractivity contribution in [3.8, 4) is 0 Å². The maximum Gasteiger partial charge on any atom is 0.276 e. The van der Waals surface area contributed by atoms with Crippen molar-refractivity contribution in [3.05, 3.63) is 47.3 Å². The molecule has 2 aromatic rings. The van der Waals surface area contributed by atoms with E-state index in [1.807, 2.05) is 30.3 Å². The van der Waals surface area contributed by atoms with Crippen LogP contribution in [0, 0.1) is 0 Å². The highest BCUT2D eigenvalue weighted by Crippen LogP contribution is 2.53. The lowest BCUT2D eigenvalue weighted by molar-refractivity contribution is 0.102. The Labute approximate surface area is 111 Å². The molecular formula is C15H15N3O. The molecule has 0 spiro atoms. The quantitative estimate of drug-likeness (QED) is 0.864. The Balaban J connectivity index is 1.64. The molecule has 2 N–H and O–H groups in total. The SMILES string of the molecule is O=C(Nc1ccccc1)c1n[nH]c2c1C1CCC2C1. The number of anilines is 1. The molecule has 4 heteroatoms. The fourth-order valence-corrected chi connectivity index (χ4v) is 3.48. The molecule has 0 saturated heterocycles. The number of aromatic nitrogens is 2. The average Bonchev–Trinajstić information content (AvgIpc) is 3.13. The van der Waals surface area contributed by atoms with Gasteiger partial charge in [0, 0.05) is 22.9 Å². The molecular weight excluding hydrogens is 238 g/mol. The van der Waals surface area contributed by atoms with E-state index in [-0.39, 0.29) is 5.91 Å². The largest absolute Gasteiger partial charge is 0.321 e. The summed E-state index contributed by atoms with van der Waals surface area (Å²) in [5.41, 5.74) is 3.78. The van der Waals surface area contributed by atoms with Gasteiger partial charge in [0.2, 0.25) is 0 Å². The third-order valence-corrected chi connectivity index (χ3v) is 4.33. The third kappa shape index (κ3) is 1.59. The Morgan fingerprint density at radius 1 is 1.21 bits per heavy atom. The van der Waals surface area contributed by atoms with E-state index in [9.17, 15) is 4.79 Å².